The number of carbonyl (C=O) groups excluding carboxylic acids is 3. The Morgan fingerprint density at radius 3 is 2.44 bits per heavy atom. The van der Waals surface area contributed by atoms with Crippen LogP contribution in [0.25, 0.3) is 11.3 Å². The van der Waals surface area contributed by atoms with E-state index in [1.807, 2.05) is 37.3 Å². The van der Waals surface area contributed by atoms with Crippen LogP contribution in [-0.4, -0.2) is 53.7 Å². The molecule has 0 aliphatic heterocycles. The monoisotopic (exact) mass is 621 g/mol. The second-order valence-corrected chi connectivity index (χ2v) is 10.5. The van der Waals surface area contributed by atoms with Gasteiger partial charge in [-0.3, -0.25) is 24.0 Å². The summed E-state index contributed by atoms with van der Waals surface area (Å²) in [6, 6.07) is 17.2. The summed E-state index contributed by atoms with van der Waals surface area (Å²) in [6.07, 6.45) is 4.22. The van der Waals surface area contributed by atoms with Crippen molar-refractivity contribution in [1.29, 1.82) is 0 Å². The van der Waals surface area contributed by atoms with Crippen molar-refractivity contribution in [2.75, 3.05) is 13.3 Å². The van der Waals surface area contributed by atoms with Gasteiger partial charge in [-0.05, 0) is 43.5 Å². The number of hydrogen-bond acceptors (Lipinski definition) is 7. The molecule has 0 radical (unpaired) electrons. The summed E-state index contributed by atoms with van der Waals surface area (Å²) in [7, 11) is 0. The first-order chi connectivity index (χ1) is 21.8. The van der Waals surface area contributed by atoms with Gasteiger partial charge in [-0.2, -0.15) is 0 Å². The Hall–Kier alpha value is -4.64. The van der Waals surface area contributed by atoms with Crippen LogP contribution in [0.4, 0.5) is 0 Å². The lowest BCUT2D eigenvalue weighted by atomic mass is 9.90. The third-order valence-corrected chi connectivity index (χ3v) is 7.33. The van der Waals surface area contributed by atoms with Gasteiger partial charge >= 0.3 is 5.97 Å². The summed E-state index contributed by atoms with van der Waals surface area (Å²) < 4.78 is 11.4. The van der Waals surface area contributed by atoms with Crippen molar-refractivity contribution >= 4 is 24.2 Å². The lowest BCUT2D eigenvalue weighted by molar-refractivity contribution is -0.200. The number of carboxylic acid groups (broad SMARTS) is 1. The lowest BCUT2D eigenvalue weighted by Crippen LogP contribution is -2.48. The van der Waals surface area contributed by atoms with Gasteiger partial charge in [0.05, 0.1) is 31.7 Å². The zero-order valence-corrected chi connectivity index (χ0v) is 26.1. The molecule has 0 bridgehead atoms. The van der Waals surface area contributed by atoms with Crippen molar-refractivity contribution < 1.29 is 38.3 Å². The highest BCUT2D eigenvalue weighted by Crippen LogP contribution is 2.29. The van der Waals surface area contributed by atoms with Gasteiger partial charge in [0.2, 0.25) is 12.3 Å². The van der Waals surface area contributed by atoms with E-state index in [4.69, 9.17) is 19.1 Å². The molecule has 3 amide bonds. The molecule has 2 atom stereocenters. The third-order valence-electron chi connectivity index (χ3n) is 7.33. The minimum absolute atomic E-state index is 0.0409. The summed E-state index contributed by atoms with van der Waals surface area (Å²) in [5.41, 5.74) is 2.06. The molecule has 242 valence electrons. The number of aliphatic carboxylic acids is 1. The Kier molecular flexibility index (Phi) is 14.1. The highest BCUT2D eigenvalue weighted by molar-refractivity contribution is 5.92. The number of ether oxygens (including phenoxy) is 1. The molecule has 0 aliphatic rings. The predicted molar refractivity (Wildman–Crippen MR) is 168 cm³/mol. The minimum Gasteiger partial charge on any atom is -0.494 e. The molecular weight excluding hydrogens is 578 g/mol. The van der Waals surface area contributed by atoms with Crippen molar-refractivity contribution in [1.82, 2.24) is 15.7 Å². The molecule has 3 N–H and O–H groups in total. The van der Waals surface area contributed by atoms with Gasteiger partial charge in [-0.15, -0.1) is 0 Å². The van der Waals surface area contributed by atoms with Crippen LogP contribution in [0.15, 0.2) is 65.1 Å². The first-order valence-corrected chi connectivity index (χ1v) is 15.3. The van der Waals surface area contributed by atoms with E-state index in [1.54, 1.807) is 31.2 Å². The van der Waals surface area contributed by atoms with Gasteiger partial charge in [0.15, 0.2) is 5.76 Å². The topological polar surface area (TPSA) is 147 Å². The zero-order chi connectivity index (χ0) is 32.6. The molecule has 11 nitrogen and oxygen atoms in total. The van der Waals surface area contributed by atoms with E-state index in [1.165, 1.54) is 11.1 Å². The Balaban J connectivity index is 1.63. The third kappa shape index (κ3) is 10.5. The predicted octanol–water partition coefficient (Wildman–Crippen LogP) is 5.34. The van der Waals surface area contributed by atoms with Crippen molar-refractivity contribution in [2.45, 2.75) is 71.9 Å². The smallest absolute Gasteiger partial charge is 0.307 e. The molecular formula is C34H43N3O8. The van der Waals surface area contributed by atoms with E-state index in [2.05, 4.69) is 17.6 Å². The largest absolute Gasteiger partial charge is 0.494 e. The van der Waals surface area contributed by atoms with E-state index in [0.29, 0.717) is 48.5 Å². The highest BCUT2D eigenvalue weighted by Gasteiger charge is 2.32. The SMILES string of the molecule is CCCCCC(C(=O)NCNC(=O)c1ccc(-c2ccc(CC(=O)O)c(OCC)c2)o1)[C@@H](CC)N(C=O)OCc1ccccc1. The minimum atomic E-state index is -0.970. The molecule has 0 fully saturated rings. The van der Waals surface area contributed by atoms with Gasteiger partial charge in [0, 0.05) is 11.1 Å². The van der Waals surface area contributed by atoms with Crippen LogP contribution < -0.4 is 15.4 Å². The molecule has 1 aromatic heterocycles. The fourth-order valence-electron chi connectivity index (χ4n) is 5.03. The molecule has 11 heteroatoms. The number of nitrogens with one attached hydrogen (secondary N) is 2. The average molecular weight is 622 g/mol. The first-order valence-electron chi connectivity index (χ1n) is 15.3. The van der Waals surface area contributed by atoms with Gasteiger partial charge in [-0.25, -0.2) is 5.06 Å². The summed E-state index contributed by atoms with van der Waals surface area (Å²) in [5.74, 6) is -1.46. The first kappa shape index (κ1) is 34.8. The summed E-state index contributed by atoms with van der Waals surface area (Å²) >= 11 is 0. The van der Waals surface area contributed by atoms with Gasteiger partial charge in [-0.1, -0.05) is 75.6 Å². The van der Waals surface area contributed by atoms with E-state index < -0.39 is 23.8 Å². The standard InChI is InChI=1S/C34H43N3O8/c1-4-7-9-14-27(28(5-2)37(23-38)44-21-24-12-10-8-11-13-24)33(41)35-22-36-34(42)30-18-17-29(45-30)25-15-16-26(20-32(39)40)31(19-25)43-6-3/h8,10-13,15-19,23,27-28H,4-7,9,14,20-22H2,1-3H3,(H,35,41)(H,36,42)(H,39,40)/t27?,28-/m1/s1. The molecule has 1 unspecified atom stereocenters. The molecule has 0 saturated carbocycles. The van der Waals surface area contributed by atoms with E-state index in [9.17, 15) is 19.2 Å². The Bertz CT molecular complexity index is 1390. The van der Waals surface area contributed by atoms with Crippen molar-refractivity contribution in [3.63, 3.8) is 0 Å². The van der Waals surface area contributed by atoms with Crippen molar-refractivity contribution in [3.8, 4) is 17.1 Å². The number of hydroxylamine groups is 2. The number of unbranched alkanes of at least 4 members (excludes halogenated alkanes) is 2. The summed E-state index contributed by atoms with van der Waals surface area (Å²) in [6.45, 7) is 6.20. The Labute approximate surface area is 263 Å². The molecule has 0 spiro atoms. The van der Waals surface area contributed by atoms with Crippen LogP contribution in [0.1, 0.15) is 74.6 Å². The fraction of sp³-hybridized carbons (Fsp3) is 0.412. The maximum atomic E-state index is 13.4. The maximum Gasteiger partial charge on any atom is 0.307 e. The van der Waals surface area contributed by atoms with Crippen LogP contribution >= 0.6 is 0 Å². The number of amides is 3. The summed E-state index contributed by atoms with van der Waals surface area (Å²) in [4.78, 5) is 55.3. The fourth-order valence-corrected chi connectivity index (χ4v) is 5.03. The zero-order valence-electron chi connectivity index (χ0n) is 26.1. The number of benzene rings is 2. The molecule has 45 heavy (non-hydrogen) atoms. The maximum absolute atomic E-state index is 13.4. The van der Waals surface area contributed by atoms with Crippen LogP contribution in [0.3, 0.4) is 0 Å². The lowest BCUT2D eigenvalue weighted by Gasteiger charge is -2.32. The molecule has 2 aromatic carbocycles. The van der Waals surface area contributed by atoms with E-state index in [-0.39, 0.29) is 31.4 Å². The van der Waals surface area contributed by atoms with E-state index in [0.717, 1.165) is 24.8 Å². The van der Waals surface area contributed by atoms with Crippen LogP contribution in [-0.2, 0) is 32.2 Å². The van der Waals surface area contributed by atoms with Crippen LogP contribution in [0, 0.1) is 5.92 Å². The normalized spacial score (nSPS) is 12.2. The van der Waals surface area contributed by atoms with Gasteiger partial charge in [0.1, 0.15) is 18.1 Å². The van der Waals surface area contributed by atoms with Crippen LogP contribution in [0.5, 0.6) is 5.75 Å². The second kappa shape index (κ2) is 18.2. The second-order valence-electron chi connectivity index (χ2n) is 10.5. The van der Waals surface area contributed by atoms with Crippen molar-refractivity contribution in [3.05, 3.63) is 77.6 Å². The number of carbonyl (C=O) groups is 4. The molecule has 3 rings (SSSR count). The number of rotatable bonds is 20. The Morgan fingerprint density at radius 1 is 1.00 bits per heavy atom. The van der Waals surface area contributed by atoms with E-state index >= 15 is 0 Å². The molecule has 0 aliphatic carbocycles. The molecule has 1 heterocycles. The number of hydrogen-bond donors (Lipinski definition) is 3. The molecule has 0 saturated heterocycles. The van der Waals surface area contributed by atoms with Gasteiger partial charge in [0.25, 0.3) is 5.91 Å². The van der Waals surface area contributed by atoms with Gasteiger partial charge < -0.3 is 24.9 Å². The Morgan fingerprint density at radius 2 is 1.78 bits per heavy atom. The quantitative estimate of drug-likeness (QED) is 0.0663. The summed E-state index contributed by atoms with van der Waals surface area (Å²) in [5, 5.41) is 15.8. The average Bonchev–Trinajstić information content (AvgIpc) is 3.54. The number of carboxylic acids is 1. The number of furan rings is 1. The van der Waals surface area contributed by atoms with Crippen LogP contribution in [0.2, 0.25) is 0 Å². The highest BCUT2D eigenvalue weighted by atomic mass is 16.7. The number of nitrogens with zero attached hydrogens (tertiary/aromatic N) is 1. The molecule has 3 aromatic rings. The van der Waals surface area contributed by atoms with Crippen molar-refractivity contribution in [2.24, 2.45) is 5.92 Å².